The first-order valence-electron chi connectivity index (χ1n) is 7.32. The quantitative estimate of drug-likeness (QED) is 0.728. The predicted octanol–water partition coefficient (Wildman–Crippen LogP) is 4.39. The molecule has 0 aliphatic carbocycles. The monoisotopic (exact) mass is 289 g/mol. The molecule has 2 aromatic rings. The minimum atomic E-state index is 0.658. The highest BCUT2D eigenvalue weighted by atomic mass is 32.1. The number of thiophene rings is 1. The number of aryl methyl sites for hydroxylation is 1. The van der Waals surface area contributed by atoms with Crippen LogP contribution in [0.25, 0.3) is 0 Å². The van der Waals surface area contributed by atoms with Crippen molar-refractivity contribution in [2.45, 2.75) is 39.8 Å². The summed E-state index contributed by atoms with van der Waals surface area (Å²) in [6, 6.07) is 12.7. The Morgan fingerprint density at radius 1 is 1.10 bits per heavy atom. The van der Waals surface area contributed by atoms with E-state index in [4.69, 9.17) is 4.74 Å². The van der Waals surface area contributed by atoms with Crippen LogP contribution in [-0.4, -0.2) is 6.54 Å². The van der Waals surface area contributed by atoms with Crippen LogP contribution in [0.5, 0.6) is 5.75 Å². The molecule has 0 fully saturated rings. The van der Waals surface area contributed by atoms with Crippen LogP contribution in [-0.2, 0) is 19.6 Å². The van der Waals surface area contributed by atoms with E-state index >= 15 is 0 Å². The average molecular weight is 289 g/mol. The lowest BCUT2D eigenvalue weighted by Crippen LogP contribution is -2.12. The number of benzene rings is 1. The lowest BCUT2D eigenvalue weighted by molar-refractivity contribution is 0.309. The van der Waals surface area contributed by atoms with Crippen molar-refractivity contribution in [3.63, 3.8) is 0 Å². The molecule has 0 bridgehead atoms. The third-order valence-corrected chi connectivity index (χ3v) is 4.19. The van der Waals surface area contributed by atoms with Crippen molar-refractivity contribution >= 4 is 11.3 Å². The molecular weight excluding hydrogens is 266 g/mol. The molecule has 0 aliphatic heterocycles. The minimum absolute atomic E-state index is 0.658. The lowest BCUT2D eigenvalue weighted by Gasteiger charge is -2.06. The van der Waals surface area contributed by atoms with Gasteiger partial charge in [-0.15, -0.1) is 11.3 Å². The van der Waals surface area contributed by atoms with Crippen LogP contribution in [0.2, 0.25) is 0 Å². The molecule has 1 heterocycles. The van der Waals surface area contributed by atoms with Gasteiger partial charge in [-0.1, -0.05) is 26.0 Å². The van der Waals surface area contributed by atoms with Crippen molar-refractivity contribution in [3.05, 3.63) is 51.7 Å². The van der Waals surface area contributed by atoms with Crippen molar-refractivity contribution in [1.82, 2.24) is 5.32 Å². The molecule has 0 radical (unpaired) electrons. The van der Waals surface area contributed by atoms with Gasteiger partial charge in [-0.3, -0.25) is 0 Å². The molecule has 108 valence electrons. The van der Waals surface area contributed by atoms with E-state index < -0.39 is 0 Å². The molecule has 1 aromatic carbocycles. The highest BCUT2D eigenvalue weighted by molar-refractivity contribution is 7.11. The molecule has 2 rings (SSSR count). The molecule has 3 heteroatoms. The summed E-state index contributed by atoms with van der Waals surface area (Å²) in [7, 11) is 0. The Morgan fingerprint density at radius 3 is 2.75 bits per heavy atom. The van der Waals surface area contributed by atoms with Crippen molar-refractivity contribution in [2.75, 3.05) is 6.54 Å². The minimum Gasteiger partial charge on any atom is -0.488 e. The molecule has 0 saturated carbocycles. The first-order valence-corrected chi connectivity index (χ1v) is 8.13. The van der Waals surface area contributed by atoms with Crippen molar-refractivity contribution in [2.24, 2.45) is 0 Å². The maximum atomic E-state index is 5.86. The Balaban J connectivity index is 1.84. The second kappa shape index (κ2) is 8.08. The predicted molar refractivity (Wildman–Crippen MR) is 86.5 cm³/mol. The summed E-state index contributed by atoms with van der Waals surface area (Å²) >= 11 is 1.83. The van der Waals surface area contributed by atoms with Crippen LogP contribution in [0.15, 0.2) is 36.4 Å². The molecule has 1 aromatic heterocycles. The van der Waals surface area contributed by atoms with E-state index in [-0.39, 0.29) is 0 Å². The summed E-state index contributed by atoms with van der Waals surface area (Å²) in [5.41, 5.74) is 1.32. The first kappa shape index (κ1) is 15.1. The summed E-state index contributed by atoms with van der Waals surface area (Å²) in [5, 5.41) is 3.42. The fraction of sp³-hybridized carbons (Fsp3) is 0.412. The van der Waals surface area contributed by atoms with Crippen molar-refractivity contribution in [3.8, 4) is 5.75 Å². The summed E-state index contributed by atoms with van der Waals surface area (Å²) in [6.07, 6.45) is 2.22. The van der Waals surface area contributed by atoms with Crippen LogP contribution in [0, 0.1) is 0 Å². The van der Waals surface area contributed by atoms with Gasteiger partial charge in [-0.05, 0) is 49.2 Å². The van der Waals surface area contributed by atoms with E-state index in [9.17, 15) is 0 Å². The topological polar surface area (TPSA) is 21.3 Å². The molecule has 0 unspecified atom stereocenters. The Morgan fingerprint density at radius 2 is 1.95 bits per heavy atom. The summed E-state index contributed by atoms with van der Waals surface area (Å²) in [6.45, 7) is 7.04. The Labute approximate surface area is 125 Å². The van der Waals surface area contributed by atoms with Gasteiger partial charge >= 0.3 is 0 Å². The van der Waals surface area contributed by atoms with Crippen LogP contribution in [0.4, 0.5) is 0 Å². The van der Waals surface area contributed by atoms with Crippen molar-refractivity contribution in [1.29, 1.82) is 0 Å². The number of hydrogen-bond donors (Lipinski definition) is 1. The van der Waals surface area contributed by atoms with E-state index in [2.05, 4.69) is 49.5 Å². The first-order chi connectivity index (χ1) is 9.81. The molecule has 0 aliphatic rings. The Bertz CT molecular complexity index is 521. The lowest BCUT2D eigenvalue weighted by atomic mass is 10.2. The number of hydrogen-bond acceptors (Lipinski definition) is 3. The standard InChI is InChI=1S/C17H23NOS/c1-3-10-18-12-16-8-9-17(20-16)13-19-15-7-5-6-14(4-2)11-15/h5-9,11,18H,3-4,10,12-13H2,1-2H3. The number of ether oxygens (including phenoxy) is 1. The average Bonchev–Trinajstić information content (AvgIpc) is 2.94. The summed E-state index contributed by atoms with van der Waals surface area (Å²) < 4.78 is 5.86. The van der Waals surface area contributed by atoms with Gasteiger partial charge in [0.1, 0.15) is 12.4 Å². The maximum Gasteiger partial charge on any atom is 0.122 e. The largest absolute Gasteiger partial charge is 0.488 e. The molecule has 20 heavy (non-hydrogen) atoms. The molecule has 0 saturated heterocycles. The normalized spacial score (nSPS) is 10.7. The van der Waals surface area contributed by atoms with Gasteiger partial charge in [0.2, 0.25) is 0 Å². The van der Waals surface area contributed by atoms with Gasteiger partial charge in [0.25, 0.3) is 0 Å². The Hall–Kier alpha value is -1.32. The highest BCUT2D eigenvalue weighted by Gasteiger charge is 2.02. The van der Waals surface area contributed by atoms with Gasteiger partial charge in [0, 0.05) is 16.3 Å². The van der Waals surface area contributed by atoms with Gasteiger partial charge in [-0.25, -0.2) is 0 Å². The van der Waals surface area contributed by atoms with Gasteiger partial charge in [0.15, 0.2) is 0 Å². The van der Waals surface area contributed by atoms with Crippen LogP contribution in [0.3, 0.4) is 0 Å². The maximum absolute atomic E-state index is 5.86. The summed E-state index contributed by atoms with van der Waals surface area (Å²) in [4.78, 5) is 2.65. The zero-order chi connectivity index (χ0) is 14.2. The molecule has 1 N–H and O–H groups in total. The second-order valence-corrected chi connectivity index (χ2v) is 6.09. The number of nitrogens with one attached hydrogen (secondary N) is 1. The molecular formula is C17H23NOS. The van der Waals surface area contributed by atoms with Crippen LogP contribution >= 0.6 is 11.3 Å². The SMILES string of the molecule is CCCNCc1ccc(COc2cccc(CC)c2)s1. The van der Waals surface area contributed by atoms with Gasteiger partial charge in [0.05, 0.1) is 0 Å². The van der Waals surface area contributed by atoms with Gasteiger partial charge in [-0.2, -0.15) is 0 Å². The number of rotatable bonds is 8. The third kappa shape index (κ3) is 4.66. The molecule has 0 atom stereocenters. The second-order valence-electron chi connectivity index (χ2n) is 4.83. The highest BCUT2D eigenvalue weighted by Crippen LogP contribution is 2.20. The Kier molecular flexibility index (Phi) is 6.09. The fourth-order valence-electron chi connectivity index (χ4n) is 1.99. The fourth-order valence-corrected chi connectivity index (χ4v) is 2.89. The molecule has 0 amide bonds. The third-order valence-electron chi connectivity index (χ3n) is 3.13. The van der Waals surface area contributed by atoms with E-state index in [0.29, 0.717) is 6.61 Å². The van der Waals surface area contributed by atoms with Crippen LogP contribution in [0.1, 0.15) is 35.6 Å². The van der Waals surface area contributed by atoms with Crippen LogP contribution < -0.4 is 10.1 Å². The smallest absolute Gasteiger partial charge is 0.122 e. The van der Waals surface area contributed by atoms with Gasteiger partial charge < -0.3 is 10.1 Å². The van der Waals surface area contributed by atoms with E-state index in [1.54, 1.807) is 0 Å². The zero-order valence-electron chi connectivity index (χ0n) is 12.3. The summed E-state index contributed by atoms with van der Waals surface area (Å²) in [5.74, 6) is 0.961. The molecule has 0 spiro atoms. The van der Waals surface area contributed by atoms with E-state index in [1.165, 1.54) is 21.7 Å². The van der Waals surface area contributed by atoms with E-state index in [1.807, 2.05) is 17.4 Å². The molecule has 2 nitrogen and oxygen atoms in total. The van der Waals surface area contributed by atoms with Crippen molar-refractivity contribution < 1.29 is 4.74 Å². The zero-order valence-corrected chi connectivity index (χ0v) is 13.1. The van der Waals surface area contributed by atoms with E-state index in [0.717, 1.165) is 25.3 Å².